The zero-order chi connectivity index (χ0) is 15.8. The number of rotatable bonds is 9. The molecule has 0 amide bonds. The van der Waals surface area contributed by atoms with Crippen LogP contribution in [0.25, 0.3) is 0 Å². The maximum atomic E-state index is 10.0. The molecule has 2 rings (SSSR count). The standard InChI is InChI=1S/C18H30N2O2/c1-3-15-7-5-9-18(11-15)22-14-17(21)13-19-12-16-8-6-10-20(16)4-2/h5,7,9,11,16-17,19,21H,3-4,6,8,10,12-14H2,1-2H3/t16-,17-/m1/s1. The maximum Gasteiger partial charge on any atom is 0.119 e. The highest BCUT2D eigenvalue weighted by atomic mass is 16.5. The van der Waals surface area contributed by atoms with Crippen LogP contribution in [0.15, 0.2) is 24.3 Å². The molecule has 0 saturated carbocycles. The molecule has 2 N–H and O–H groups in total. The second-order valence-electron chi connectivity index (χ2n) is 6.05. The molecule has 1 aliphatic heterocycles. The number of benzene rings is 1. The van der Waals surface area contributed by atoms with Crippen molar-refractivity contribution in [3.63, 3.8) is 0 Å². The van der Waals surface area contributed by atoms with Gasteiger partial charge in [0.25, 0.3) is 0 Å². The van der Waals surface area contributed by atoms with Gasteiger partial charge in [0.15, 0.2) is 0 Å². The van der Waals surface area contributed by atoms with Crippen LogP contribution in [0, 0.1) is 0 Å². The minimum absolute atomic E-state index is 0.336. The summed E-state index contributed by atoms with van der Waals surface area (Å²) in [6.07, 6.45) is 3.08. The number of aliphatic hydroxyl groups is 1. The van der Waals surface area contributed by atoms with Crippen LogP contribution in [0.1, 0.15) is 32.3 Å². The van der Waals surface area contributed by atoms with E-state index in [1.165, 1.54) is 24.9 Å². The van der Waals surface area contributed by atoms with E-state index in [4.69, 9.17) is 4.74 Å². The lowest BCUT2D eigenvalue weighted by Crippen LogP contribution is -2.41. The molecule has 1 aliphatic rings. The van der Waals surface area contributed by atoms with Crippen molar-refractivity contribution in [2.45, 2.75) is 45.3 Å². The molecular formula is C18H30N2O2. The molecule has 4 heteroatoms. The molecule has 0 spiro atoms. The first-order valence-corrected chi connectivity index (χ1v) is 8.57. The van der Waals surface area contributed by atoms with Gasteiger partial charge in [0.2, 0.25) is 0 Å². The quantitative estimate of drug-likeness (QED) is 0.733. The third-order valence-electron chi connectivity index (χ3n) is 4.41. The molecule has 0 aromatic heterocycles. The lowest BCUT2D eigenvalue weighted by atomic mass is 10.2. The summed E-state index contributed by atoms with van der Waals surface area (Å²) in [5, 5.41) is 13.4. The lowest BCUT2D eigenvalue weighted by molar-refractivity contribution is 0.104. The Hall–Kier alpha value is -1.10. The van der Waals surface area contributed by atoms with Crippen LogP contribution in [-0.2, 0) is 6.42 Å². The molecule has 1 heterocycles. The van der Waals surface area contributed by atoms with E-state index in [1.807, 2.05) is 18.2 Å². The first-order valence-electron chi connectivity index (χ1n) is 8.57. The molecule has 4 nitrogen and oxygen atoms in total. The first kappa shape index (κ1) is 17.3. The number of likely N-dealkylation sites (tertiary alicyclic amines) is 1. The highest BCUT2D eigenvalue weighted by molar-refractivity contribution is 5.28. The molecule has 22 heavy (non-hydrogen) atoms. The molecule has 2 atom stereocenters. The van der Waals surface area contributed by atoms with Gasteiger partial charge >= 0.3 is 0 Å². The van der Waals surface area contributed by atoms with E-state index in [1.54, 1.807) is 0 Å². The van der Waals surface area contributed by atoms with Crippen LogP contribution in [0.3, 0.4) is 0 Å². The Balaban J connectivity index is 1.64. The monoisotopic (exact) mass is 306 g/mol. The minimum atomic E-state index is -0.471. The van der Waals surface area contributed by atoms with Crippen LogP contribution >= 0.6 is 0 Å². The van der Waals surface area contributed by atoms with Gasteiger partial charge in [-0.3, -0.25) is 4.90 Å². The van der Waals surface area contributed by atoms with Crippen molar-refractivity contribution in [1.82, 2.24) is 10.2 Å². The zero-order valence-corrected chi connectivity index (χ0v) is 13.9. The van der Waals surface area contributed by atoms with Crippen molar-refractivity contribution in [3.8, 4) is 5.75 Å². The van der Waals surface area contributed by atoms with Gasteiger partial charge in [-0.15, -0.1) is 0 Å². The van der Waals surface area contributed by atoms with E-state index >= 15 is 0 Å². The highest BCUT2D eigenvalue weighted by Gasteiger charge is 2.22. The molecule has 1 saturated heterocycles. The molecule has 1 aromatic carbocycles. The van der Waals surface area contributed by atoms with Gasteiger partial charge in [-0.05, 0) is 50.0 Å². The summed E-state index contributed by atoms with van der Waals surface area (Å²) in [6.45, 7) is 8.54. The number of hydrogen-bond donors (Lipinski definition) is 2. The predicted molar refractivity (Wildman–Crippen MR) is 90.5 cm³/mol. The SMILES string of the molecule is CCc1cccc(OC[C@H](O)CNC[C@H]2CCCN2CC)c1. The van der Waals surface area contributed by atoms with Crippen LogP contribution < -0.4 is 10.1 Å². The first-order chi connectivity index (χ1) is 10.7. The molecule has 124 valence electrons. The molecule has 0 radical (unpaired) electrons. The van der Waals surface area contributed by atoms with Crippen LogP contribution in [-0.4, -0.2) is 54.9 Å². The fourth-order valence-electron chi connectivity index (χ4n) is 3.07. The number of aryl methyl sites for hydroxylation is 1. The van der Waals surface area contributed by atoms with Crippen LogP contribution in [0.4, 0.5) is 0 Å². The summed E-state index contributed by atoms with van der Waals surface area (Å²) in [7, 11) is 0. The molecule has 0 unspecified atom stereocenters. The fraction of sp³-hybridized carbons (Fsp3) is 0.667. The van der Waals surface area contributed by atoms with Crippen molar-refractivity contribution in [3.05, 3.63) is 29.8 Å². The fourth-order valence-corrected chi connectivity index (χ4v) is 3.07. The van der Waals surface area contributed by atoms with E-state index in [9.17, 15) is 5.11 Å². The molecular weight excluding hydrogens is 276 g/mol. The van der Waals surface area contributed by atoms with E-state index in [0.29, 0.717) is 19.2 Å². The average molecular weight is 306 g/mol. The van der Waals surface area contributed by atoms with E-state index < -0.39 is 6.10 Å². The molecule has 1 aromatic rings. The largest absolute Gasteiger partial charge is 0.491 e. The number of aliphatic hydroxyl groups excluding tert-OH is 1. The Morgan fingerprint density at radius 1 is 1.41 bits per heavy atom. The molecule has 0 aliphatic carbocycles. The number of nitrogens with one attached hydrogen (secondary N) is 1. The van der Waals surface area contributed by atoms with Gasteiger partial charge in [0.1, 0.15) is 18.5 Å². The Labute approximate surface area is 134 Å². The van der Waals surface area contributed by atoms with Crippen molar-refractivity contribution in [2.75, 3.05) is 32.8 Å². The van der Waals surface area contributed by atoms with Crippen molar-refractivity contribution in [1.29, 1.82) is 0 Å². The van der Waals surface area contributed by atoms with E-state index in [2.05, 4.69) is 30.1 Å². The average Bonchev–Trinajstić information content (AvgIpc) is 3.00. The Morgan fingerprint density at radius 3 is 3.05 bits per heavy atom. The summed E-state index contributed by atoms with van der Waals surface area (Å²) in [4.78, 5) is 2.51. The summed E-state index contributed by atoms with van der Waals surface area (Å²) in [5.74, 6) is 0.839. The van der Waals surface area contributed by atoms with Crippen LogP contribution in [0.5, 0.6) is 5.75 Å². The molecule has 1 fully saturated rings. The summed E-state index contributed by atoms with van der Waals surface area (Å²) >= 11 is 0. The Morgan fingerprint density at radius 2 is 2.27 bits per heavy atom. The maximum absolute atomic E-state index is 10.0. The van der Waals surface area contributed by atoms with Gasteiger partial charge in [0, 0.05) is 19.1 Å². The highest BCUT2D eigenvalue weighted by Crippen LogP contribution is 2.16. The Bertz CT molecular complexity index is 439. The van der Waals surface area contributed by atoms with Crippen molar-refractivity contribution >= 4 is 0 Å². The van der Waals surface area contributed by atoms with E-state index in [-0.39, 0.29) is 0 Å². The topological polar surface area (TPSA) is 44.7 Å². The summed E-state index contributed by atoms with van der Waals surface area (Å²) < 4.78 is 5.67. The Kier molecular flexibility index (Phi) is 7.16. The number of ether oxygens (including phenoxy) is 1. The minimum Gasteiger partial charge on any atom is -0.491 e. The van der Waals surface area contributed by atoms with Gasteiger partial charge in [-0.2, -0.15) is 0 Å². The van der Waals surface area contributed by atoms with Gasteiger partial charge < -0.3 is 15.2 Å². The third-order valence-corrected chi connectivity index (χ3v) is 4.41. The van der Waals surface area contributed by atoms with Crippen molar-refractivity contribution in [2.24, 2.45) is 0 Å². The van der Waals surface area contributed by atoms with Crippen LogP contribution in [0.2, 0.25) is 0 Å². The van der Waals surface area contributed by atoms with Gasteiger partial charge in [0.05, 0.1) is 0 Å². The number of hydrogen-bond acceptors (Lipinski definition) is 4. The van der Waals surface area contributed by atoms with E-state index in [0.717, 1.165) is 25.3 Å². The predicted octanol–water partition coefficient (Wildman–Crippen LogP) is 2.06. The lowest BCUT2D eigenvalue weighted by Gasteiger charge is -2.23. The zero-order valence-electron chi connectivity index (χ0n) is 13.9. The number of likely N-dealkylation sites (N-methyl/N-ethyl adjacent to an activating group) is 1. The number of nitrogens with zero attached hydrogens (tertiary/aromatic N) is 1. The van der Waals surface area contributed by atoms with Crippen molar-refractivity contribution < 1.29 is 9.84 Å². The van der Waals surface area contributed by atoms with Gasteiger partial charge in [-0.1, -0.05) is 26.0 Å². The summed E-state index contributed by atoms with van der Waals surface area (Å²) in [5.41, 5.74) is 1.26. The third kappa shape index (κ3) is 5.27. The second kappa shape index (κ2) is 9.13. The smallest absolute Gasteiger partial charge is 0.119 e. The summed E-state index contributed by atoms with van der Waals surface area (Å²) in [6, 6.07) is 8.69. The second-order valence-corrected chi connectivity index (χ2v) is 6.05. The molecule has 0 bridgehead atoms. The van der Waals surface area contributed by atoms with Gasteiger partial charge in [-0.25, -0.2) is 0 Å². The normalized spacial score (nSPS) is 20.2.